The molecule has 31 heavy (non-hydrogen) atoms. The molecule has 1 fully saturated rings. The fourth-order valence-electron chi connectivity index (χ4n) is 3.15. The zero-order valence-corrected chi connectivity index (χ0v) is 17.7. The van der Waals surface area contributed by atoms with E-state index in [1.165, 1.54) is 6.92 Å². The SMILES string of the molecule is CC(=O)N[C@H]1[C@H]([C@H](O)[C@H](O)COC(C)=O)O[C@@](Sc2ccc(N)cc2)(C(=O)O)C[C@@H]1O. The van der Waals surface area contributed by atoms with Crippen molar-refractivity contribution in [2.45, 2.75) is 60.6 Å². The van der Waals surface area contributed by atoms with Gasteiger partial charge in [-0.15, -0.1) is 0 Å². The Morgan fingerprint density at radius 1 is 1.29 bits per heavy atom. The van der Waals surface area contributed by atoms with E-state index >= 15 is 0 Å². The van der Waals surface area contributed by atoms with E-state index in [2.05, 4.69) is 10.1 Å². The second kappa shape index (κ2) is 10.3. The average molecular weight is 458 g/mol. The number of anilines is 1. The van der Waals surface area contributed by atoms with Crippen molar-refractivity contribution < 1.29 is 44.3 Å². The van der Waals surface area contributed by atoms with Crippen LogP contribution in [0.4, 0.5) is 5.69 Å². The quantitative estimate of drug-likeness (QED) is 0.209. The molecule has 1 saturated heterocycles. The van der Waals surface area contributed by atoms with Crippen molar-refractivity contribution in [3.05, 3.63) is 24.3 Å². The molecule has 1 aromatic carbocycles. The number of hydrogen-bond donors (Lipinski definition) is 6. The molecule has 172 valence electrons. The Bertz CT molecular complexity index is 806. The van der Waals surface area contributed by atoms with Crippen LogP contribution < -0.4 is 11.1 Å². The first-order valence-electron chi connectivity index (χ1n) is 9.35. The number of nitrogens with two attached hydrogens (primary N) is 1. The molecular formula is C19H26N2O9S. The van der Waals surface area contributed by atoms with Gasteiger partial charge in [-0.1, -0.05) is 11.8 Å². The minimum Gasteiger partial charge on any atom is -0.478 e. The highest BCUT2D eigenvalue weighted by Crippen LogP contribution is 2.44. The van der Waals surface area contributed by atoms with Gasteiger partial charge in [0, 0.05) is 30.9 Å². The normalized spacial score (nSPS) is 27.7. The molecule has 0 spiro atoms. The number of aliphatic hydroxyl groups is 3. The smallest absolute Gasteiger partial charge is 0.347 e. The molecule has 11 nitrogen and oxygen atoms in total. The number of carboxylic acids is 1. The molecule has 2 rings (SSSR count). The molecular weight excluding hydrogens is 432 g/mol. The van der Waals surface area contributed by atoms with Crippen LogP contribution in [0, 0.1) is 0 Å². The zero-order valence-electron chi connectivity index (χ0n) is 16.9. The molecule has 0 unspecified atom stereocenters. The number of benzene rings is 1. The van der Waals surface area contributed by atoms with E-state index in [4.69, 9.17) is 10.5 Å². The van der Waals surface area contributed by atoms with E-state index in [1.54, 1.807) is 24.3 Å². The van der Waals surface area contributed by atoms with E-state index in [0.717, 1.165) is 18.7 Å². The number of nitrogen functional groups attached to an aromatic ring is 1. The van der Waals surface area contributed by atoms with Gasteiger partial charge >= 0.3 is 11.9 Å². The maximum Gasteiger partial charge on any atom is 0.347 e. The predicted octanol–water partition coefficient (Wildman–Crippen LogP) is -0.919. The Balaban J connectivity index is 2.36. The van der Waals surface area contributed by atoms with Gasteiger partial charge in [0.1, 0.15) is 24.9 Å². The first-order valence-corrected chi connectivity index (χ1v) is 10.2. The van der Waals surface area contributed by atoms with Crippen LogP contribution in [0.5, 0.6) is 0 Å². The zero-order chi connectivity index (χ0) is 23.3. The minimum absolute atomic E-state index is 0.425. The lowest BCUT2D eigenvalue weighted by Gasteiger charge is -2.46. The number of ether oxygens (including phenoxy) is 2. The van der Waals surface area contributed by atoms with E-state index in [-0.39, 0.29) is 0 Å². The second-order valence-electron chi connectivity index (χ2n) is 7.17. The molecule has 1 aromatic rings. The molecule has 0 radical (unpaired) electrons. The van der Waals surface area contributed by atoms with Gasteiger partial charge in [-0.2, -0.15) is 0 Å². The Morgan fingerprint density at radius 3 is 2.42 bits per heavy atom. The number of rotatable bonds is 8. The first kappa shape index (κ1) is 24.9. The van der Waals surface area contributed by atoms with Gasteiger partial charge in [-0.25, -0.2) is 4.79 Å². The molecule has 0 aromatic heterocycles. The number of thioether (sulfide) groups is 1. The van der Waals surface area contributed by atoms with Crippen LogP contribution in [-0.4, -0.2) is 80.3 Å². The van der Waals surface area contributed by atoms with E-state index in [9.17, 15) is 34.8 Å². The highest BCUT2D eigenvalue weighted by Gasteiger charge is 2.55. The number of carbonyl (C=O) groups is 3. The summed E-state index contributed by atoms with van der Waals surface area (Å²) in [5, 5.41) is 43.9. The number of amides is 1. The Hall–Kier alpha value is -2.38. The van der Waals surface area contributed by atoms with E-state index in [0.29, 0.717) is 10.6 Å². The third-order valence-electron chi connectivity index (χ3n) is 4.62. The Labute approximate surface area is 182 Å². The van der Waals surface area contributed by atoms with Crippen LogP contribution in [-0.2, 0) is 23.9 Å². The van der Waals surface area contributed by atoms with Crippen molar-refractivity contribution in [3.8, 4) is 0 Å². The molecule has 1 aliphatic rings. The van der Waals surface area contributed by atoms with Gasteiger partial charge in [0.25, 0.3) is 0 Å². The average Bonchev–Trinajstić information content (AvgIpc) is 2.68. The standard InChI is InChI=1S/C19H26N2O9S/c1-9(22)21-15-13(24)7-19(18(27)28,31-12-5-3-11(20)4-6-12)30-17(15)16(26)14(25)8-29-10(2)23/h3-6,13-17,24-26H,7-8,20H2,1-2H3,(H,21,22)(H,27,28)/t13-,14+,15+,16+,17+,19-/m0/s1. The highest BCUT2D eigenvalue weighted by molar-refractivity contribution is 8.01. The fourth-order valence-corrected chi connectivity index (χ4v) is 4.30. The van der Waals surface area contributed by atoms with Crippen LogP contribution in [0.1, 0.15) is 20.3 Å². The number of nitrogens with one attached hydrogen (secondary N) is 1. The van der Waals surface area contributed by atoms with Crippen LogP contribution in [0.25, 0.3) is 0 Å². The van der Waals surface area contributed by atoms with E-state index < -0.39 is 66.3 Å². The van der Waals surface area contributed by atoms with Crippen LogP contribution >= 0.6 is 11.8 Å². The molecule has 0 aliphatic carbocycles. The predicted molar refractivity (Wildman–Crippen MR) is 109 cm³/mol. The summed E-state index contributed by atoms with van der Waals surface area (Å²) >= 11 is 0.776. The van der Waals surface area contributed by atoms with Crippen molar-refractivity contribution in [1.82, 2.24) is 5.32 Å². The maximum atomic E-state index is 12.2. The molecule has 1 amide bonds. The lowest BCUT2D eigenvalue weighted by Crippen LogP contribution is -2.66. The second-order valence-corrected chi connectivity index (χ2v) is 8.50. The number of hydrogen-bond acceptors (Lipinski definition) is 10. The summed E-state index contributed by atoms with van der Waals surface area (Å²) in [4.78, 5) is 33.2. The van der Waals surface area contributed by atoms with Gasteiger partial charge in [0.05, 0.1) is 12.1 Å². The lowest BCUT2D eigenvalue weighted by molar-refractivity contribution is -0.206. The summed E-state index contributed by atoms with van der Waals surface area (Å²) in [6, 6.07) is 5.04. The molecule has 0 bridgehead atoms. The molecule has 6 atom stereocenters. The van der Waals surface area contributed by atoms with Crippen molar-refractivity contribution in [3.63, 3.8) is 0 Å². The summed E-state index contributed by atoms with van der Waals surface area (Å²) in [5.41, 5.74) is 6.11. The number of aliphatic hydroxyl groups excluding tert-OH is 3. The minimum atomic E-state index is -2.04. The lowest BCUT2D eigenvalue weighted by atomic mass is 9.89. The summed E-state index contributed by atoms with van der Waals surface area (Å²) < 4.78 is 10.4. The number of esters is 1. The van der Waals surface area contributed by atoms with Gasteiger partial charge < -0.3 is 41.0 Å². The Kier molecular flexibility index (Phi) is 8.26. The number of carbonyl (C=O) groups excluding carboxylic acids is 2. The van der Waals surface area contributed by atoms with Crippen molar-refractivity contribution in [2.75, 3.05) is 12.3 Å². The van der Waals surface area contributed by atoms with Gasteiger partial charge in [0.2, 0.25) is 10.8 Å². The summed E-state index contributed by atoms with van der Waals surface area (Å²) in [5.74, 6) is -2.69. The topological polar surface area (TPSA) is 189 Å². The molecule has 1 heterocycles. The largest absolute Gasteiger partial charge is 0.478 e. The summed E-state index contributed by atoms with van der Waals surface area (Å²) in [7, 11) is 0. The number of aliphatic carboxylic acids is 1. The highest BCUT2D eigenvalue weighted by atomic mass is 32.2. The van der Waals surface area contributed by atoms with Gasteiger partial charge in [-0.05, 0) is 24.3 Å². The Morgan fingerprint density at radius 2 is 1.90 bits per heavy atom. The molecule has 7 N–H and O–H groups in total. The third kappa shape index (κ3) is 6.31. The number of carboxylic acid groups (broad SMARTS) is 1. The fraction of sp³-hybridized carbons (Fsp3) is 0.526. The summed E-state index contributed by atoms with van der Waals surface area (Å²) in [6.45, 7) is 1.69. The molecule has 12 heteroatoms. The van der Waals surface area contributed by atoms with E-state index in [1.807, 2.05) is 0 Å². The first-order chi connectivity index (χ1) is 14.4. The van der Waals surface area contributed by atoms with Crippen LogP contribution in [0.2, 0.25) is 0 Å². The maximum absolute atomic E-state index is 12.2. The van der Waals surface area contributed by atoms with Crippen LogP contribution in [0.15, 0.2) is 29.2 Å². The van der Waals surface area contributed by atoms with Crippen molar-refractivity contribution in [2.24, 2.45) is 0 Å². The van der Waals surface area contributed by atoms with Gasteiger partial charge in [0.15, 0.2) is 0 Å². The van der Waals surface area contributed by atoms with Gasteiger partial charge in [-0.3, -0.25) is 9.59 Å². The summed E-state index contributed by atoms with van der Waals surface area (Å²) in [6.07, 6.45) is -6.85. The van der Waals surface area contributed by atoms with Crippen LogP contribution in [0.3, 0.4) is 0 Å². The molecule has 1 aliphatic heterocycles. The molecule has 0 saturated carbocycles. The van der Waals surface area contributed by atoms with Crippen molar-refractivity contribution in [1.29, 1.82) is 0 Å². The van der Waals surface area contributed by atoms with Crippen molar-refractivity contribution >= 4 is 35.3 Å². The third-order valence-corrected chi connectivity index (χ3v) is 5.89. The monoisotopic (exact) mass is 458 g/mol.